The molecular formula is C22H20O6. The van der Waals surface area contributed by atoms with Crippen LogP contribution >= 0.6 is 0 Å². The molecule has 0 radical (unpaired) electrons. The Kier molecular flexibility index (Phi) is 2.34. The van der Waals surface area contributed by atoms with Gasteiger partial charge in [-0.1, -0.05) is 12.2 Å². The molecule has 6 heteroatoms. The van der Waals surface area contributed by atoms with Gasteiger partial charge in [0.1, 0.15) is 0 Å². The van der Waals surface area contributed by atoms with Crippen LogP contribution in [0.4, 0.5) is 0 Å². The monoisotopic (exact) mass is 380 g/mol. The second kappa shape index (κ2) is 4.19. The van der Waals surface area contributed by atoms with Gasteiger partial charge in [0.05, 0.1) is 25.0 Å². The average Bonchev–Trinajstić information content (AvgIpc) is 3.49. The topological polar surface area (TPSA) is 86.7 Å². The third-order valence-corrected chi connectivity index (χ3v) is 9.99. The molecule has 0 N–H and O–H groups in total. The second-order valence-electron chi connectivity index (χ2n) is 9.71. The van der Waals surface area contributed by atoms with Gasteiger partial charge in [-0.05, 0) is 59.5 Å². The van der Waals surface area contributed by atoms with Crippen LogP contribution in [0.2, 0.25) is 0 Å². The van der Waals surface area contributed by atoms with E-state index in [-0.39, 0.29) is 82.7 Å². The van der Waals surface area contributed by atoms with E-state index in [1.807, 2.05) is 12.2 Å². The molecule has 6 fully saturated rings. The molecule has 6 nitrogen and oxygen atoms in total. The number of allylic oxidation sites excluding steroid dienone is 4. The zero-order valence-electron chi connectivity index (χ0n) is 15.5. The van der Waals surface area contributed by atoms with Crippen molar-refractivity contribution >= 4 is 23.5 Å². The summed E-state index contributed by atoms with van der Waals surface area (Å²) in [4.78, 5) is 52.6. The van der Waals surface area contributed by atoms with E-state index in [0.717, 1.165) is 0 Å². The van der Waals surface area contributed by atoms with Crippen molar-refractivity contribution in [3.63, 3.8) is 0 Å². The van der Waals surface area contributed by atoms with Crippen molar-refractivity contribution in [1.82, 2.24) is 0 Å². The smallest absolute Gasteiger partial charge is 0.313 e. The van der Waals surface area contributed by atoms with Gasteiger partial charge in [-0.3, -0.25) is 19.2 Å². The van der Waals surface area contributed by atoms with E-state index in [9.17, 15) is 19.2 Å². The number of carbonyl (C=O) groups excluding carboxylic acids is 4. The van der Waals surface area contributed by atoms with Gasteiger partial charge in [0.15, 0.2) is 11.6 Å². The van der Waals surface area contributed by atoms with Crippen molar-refractivity contribution in [3.05, 3.63) is 24.3 Å². The first-order valence-corrected chi connectivity index (χ1v) is 10.1. The molecule has 0 aromatic rings. The Morgan fingerprint density at radius 1 is 0.750 bits per heavy atom. The fraction of sp³-hybridized carbons (Fsp3) is 0.636. The summed E-state index contributed by atoms with van der Waals surface area (Å²) in [6, 6.07) is 0. The van der Waals surface area contributed by atoms with E-state index in [2.05, 4.69) is 0 Å². The molecule has 8 aliphatic rings. The van der Waals surface area contributed by atoms with Crippen LogP contribution in [0.25, 0.3) is 0 Å². The van der Waals surface area contributed by atoms with Crippen molar-refractivity contribution in [1.29, 1.82) is 0 Å². The first-order valence-electron chi connectivity index (χ1n) is 10.1. The number of esters is 2. The molecule has 0 aliphatic heterocycles. The SMILES string of the molecule is COC(=O)[C@]12[C@@H]3[C@H]4C(=O)C=C[C@H]4[C@H]4[C@H]3[C@H]3[C@@H]1[C@H]1C=CC(=O)[C@@H]1[C@@H]3[C@@]42C(=O)OC. The number of carbonyl (C=O) groups is 4. The number of methoxy groups -OCH3 is 2. The van der Waals surface area contributed by atoms with Gasteiger partial charge in [-0.15, -0.1) is 0 Å². The molecule has 0 aromatic carbocycles. The largest absolute Gasteiger partial charge is 0.469 e. The Bertz CT molecular complexity index is 900. The molecule has 0 unspecified atom stereocenters. The van der Waals surface area contributed by atoms with E-state index in [1.54, 1.807) is 12.2 Å². The molecular weight excluding hydrogens is 360 g/mol. The van der Waals surface area contributed by atoms with Crippen molar-refractivity contribution in [3.8, 4) is 0 Å². The summed E-state index contributed by atoms with van der Waals surface area (Å²) in [6.45, 7) is 0. The van der Waals surface area contributed by atoms with Crippen LogP contribution in [-0.4, -0.2) is 37.7 Å². The van der Waals surface area contributed by atoms with Crippen LogP contribution in [0.5, 0.6) is 0 Å². The zero-order chi connectivity index (χ0) is 19.3. The van der Waals surface area contributed by atoms with Crippen LogP contribution in [0.15, 0.2) is 24.3 Å². The standard InChI is InChI=1S/C22H20O6/c1-27-19(25)21-15-7-3-5-10(24)12(7)18-13(15)14-16(22(18,21)20(26)28-2)8-4-6-9(23)11(8)17(14)21/h3-8,11-18H,1-2H3/t7-,8+,11-,12-,13-,14+,15+,16+,17+,18-,21-,22-/m1/s1. The van der Waals surface area contributed by atoms with Crippen molar-refractivity contribution in [2.75, 3.05) is 14.2 Å². The van der Waals surface area contributed by atoms with Gasteiger partial charge in [-0.25, -0.2) is 0 Å². The highest BCUT2D eigenvalue weighted by atomic mass is 16.5. The average molecular weight is 380 g/mol. The molecule has 0 amide bonds. The summed E-state index contributed by atoms with van der Waals surface area (Å²) in [5.41, 5.74) is -2.09. The number of hydrogen-bond donors (Lipinski definition) is 0. The summed E-state index contributed by atoms with van der Waals surface area (Å²) in [5, 5.41) is 0. The number of ketones is 2. The van der Waals surface area contributed by atoms with Gasteiger partial charge in [0, 0.05) is 11.8 Å². The van der Waals surface area contributed by atoms with Gasteiger partial charge in [0.25, 0.3) is 0 Å². The van der Waals surface area contributed by atoms with E-state index >= 15 is 0 Å². The molecule has 0 saturated heterocycles. The predicted octanol–water partition coefficient (Wildman–Crippen LogP) is 0.813. The van der Waals surface area contributed by atoms with Crippen LogP contribution in [-0.2, 0) is 28.7 Å². The molecule has 0 spiro atoms. The van der Waals surface area contributed by atoms with Crippen LogP contribution in [0.1, 0.15) is 0 Å². The first-order chi connectivity index (χ1) is 13.5. The lowest BCUT2D eigenvalue weighted by atomic mass is 9.43. The molecule has 8 bridgehead atoms. The Balaban J connectivity index is 1.56. The highest BCUT2D eigenvalue weighted by Gasteiger charge is 3.01. The maximum absolute atomic E-state index is 13.5. The molecule has 0 heterocycles. The molecule has 144 valence electrons. The number of hydrogen-bond acceptors (Lipinski definition) is 6. The van der Waals surface area contributed by atoms with Crippen LogP contribution in [0, 0.1) is 70.0 Å². The quantitative estimate of drug-likeness (QED) is 0.659. The maximum Gasteiger partial charge on any atom is 0.313 e. The van der Waals surface area contributed by atoms with Gasteiger partial charge in [0.2, 0.25) is 0 Å². The van der Waals surface area contributed by atoms with E-state index < -0.39 is 10.8 Å². The summed E-state index contributed by atoms with van der Waals surface area (Å²) >= 11 is 0. The molecule has 8 rings (SSSR count). The van der Waals surface area contributed by atoms with Gasteiger partial charge in [-0.2, -0.15) is 0 Å². The minimum Gasteiger partial charge on any atom is -0.469 e. The lowest BCUT2D eigenvalue weighted by molar-refractivity contribution is -0.206. The molecule has 8 aliphatic carbocycles. The summed E-state index contributed by atoms with van der Waals surface area (Å²) < 4.78 is 10.7. The zero-order valence-corrected chi connectivity index (χ0v) is 15.5. The highest BCUT2D eigenvalue weighted by Crippen LogP contribution is 2.96. The summed E-state index contributed by atoms with van der Waals surface area (Å²) in [7, 11) is 2.73. The summed E-state index contributed by atoms with van der Waals surface area (Å²) in [6.07, 6.45) is 7.13. The predicted molar refractivity (Wildman–Crippen MR) is 92.1 cm³/mol. The van der Waals surface area contributed by atoms with E-state index in [0.29, 0.717) is 0 Å². The Hall–Kier alpha value is -2.24. The lowest BCUT2D eigenvalue weighted by Gasteiger charge is -2.56. The van der Waals surface area contributed by atoms with Crippen LogP contribution in [0.3, 0.4) is 0 Å². The van der Waals surface area contributed by atoms with Crippen molar-refractivity contribution < 1.29 is 28.7 Å². The molecule has 0 aromatic heterocycles. The Morgan fingerprint density at radius 2 is 1.14 bits per heavy atom. The first kappa shape index (κ1) is 15.7. The number of ether oxygens (including phenoxy) is 2. The van der Waals surface area contributed by atoms with Gasteiger partial charge >= 0.3 is 11.9 Å². The van der Waals surface area contributed by atoms with E-state index in [4.69, 9.17) is 9.47 Å². The maximum atomic E-state index is 13.5. The minimum absolute atomic E-state index is 0.0335. The number of fused-ring (bicyclic) bond motifs is 2. The Labute approximate surface area is 161 Å². The fourth-order valence-corrected chi connectivity index (χ4v) is 10.3. The fourth-order valence-electron chi connectivity index (χ4n) is 10.3. The third kappa shape index (κ3) is 1.04. The molecule has 28 heavy (non-hydrogen) atoms. The van der Waals surface area contributed by atoms with Crippen molar-refractivity contribution in [2.24, 2.45) is 70.0 Å². The lowest BCUT2D eigenvalue weighted by Crippen LogP contribution is -2.66. The molecule has 12 atom stereocenters. The third-order valence-electron chi connectivity index (χ3n) is 9.99. The van der Waals surface area contributed by atoms with Crippen LogP contribution < -0.4 is 0 Å². The second-order valence-corrected chi connectivity index (χ2v) is 9.71. The van der Waals surface area contributed by atoms with Gasteiger partial charge < -0.3 is 9.47 Å². The van der Waals surface area contributed by atoms with E-state index in [1.165, 1.54) is 14.2 Å². The normalized spacial score (nSPS) is 59.5. The Morgan fingerprint density at radius 3 is 1.50 bits per heavy atom. The summed E-state index contributed by atoms with van der Waals surface area (Å²) in [5.74, 6) is -1.53. The van der Waals surface area contributed by atoms with Crippen molar-refractivity contribution in [2.45, 2.75) is 0 Å². The molecule has 6 saturated carbocycles. The highest BCUT2D eigenvalue weighted by molar-refractivity contribution is 6.03. The minimum atomic E-state index is -1.04. The number of rotatable bonds is 2.